The number of hydrogen-bond acceptors (Lipinski definition) is 4. The molecular formula is C13H16FN3O. The largest absolute Gasteiger partial charge is 0.311 e. The third-order valence-corrected chi connectivity index (χ3v) is 2.91. The van der Waals surface area contributed by atoms with Crippen molar-refractivity contribution in [2.24, 2.45) is 0 Å². The van der Waals surface area contributed by atoms with Crippen LogP contribution >= 0.6 is 0 Å². The molecule has 0 fully saturated rings. The summed E-state index contributed by atoms with van der Waals surface area (Å²) in [6.07, 6.45) is 0.858. The number of rotatable bonds is 5. The Labute approximate surface area is 105 Å². The predicted octanol–water partition coefficient (Wildman–Crippen LogP) is 2.16. The minimum absolute atomic E-state index is 0.187. The van der Waals surface area contributed by atoms with Gasteiger partial charge in [0, 0.05) is 6.54 Å². The van der Waals surface area contributed by atoms with Crippen LogP contribution in [-0.4, -0.2) is 16.9 Å². The zero-order valence-electron chi connectivity index (χ0n) is 10.5. The first-order valence-electron chi connectivity index (χ1n) is 5.90. The molecule has 0 radical (unpaired) electrons. The van der Waals surface area contributed by atoms with Crippen LogP contribution in [0, 0.1) is 19.7 Å². The van der Waals surface area contributed by atoms with Crippen molar-refractivity contribution in [2.45, 2.75) is 26.8 Å². The standard InChI is InChI=1S/C13H16FN3O/c1-9-7-12(14)4-3-11(9)5-6-15-8-13-10(2)16-18-17-13/h3-4,7,15H,5-6,8H2,1-2H3. The van der Waals surface area contributed by atoms with Gasteiger partial charge in [0.05, 0.1) is 0 Å². The highest BCUT2D eigenvalue weighted by atomic mass is 19.1. The average molecular weight is 249 g/mol. The van der Waals surface area contributed by atoms with Crippen molar-refractivity contribution in [2.75, 3.05) is 6.54 Å². The van der Waals surface area contributed by atoms with Crippen LogP contribution in [0.4, 0.5) is 4.39 Å². The highest BCUT2D eigenvalue weighted by Gasteiger charge is 2.04. The molecule has 2 rings (SSSR count). The Morgan fingerprint density at radius 2 is 2.11 bits per heavy atom. The zero-order valence-corrected chi connectivity index (χ0v) is 10.5. The molecule has 0 saturated carbocycles. The topological polar surface area (TPSA) is 51.0 Å². The number of halogens is 1. The maximum absolute atomic E-state index is 12.9. The highest BCUT2D eigenvalue weighted by Crippen LogP contribution is 2.10. The van der Waals surface area contributed by atoms with Gasteiger partial charge in [-0.3, -0.25) is 0 Å². The van der Waals surface area contributed by atoms with Gasteiger partial charge >= 0.3 is 0 Å². The summed E-state index contributed by atoms with van der Waals surface area (Å²) in [5, 5.41) is 10.8. The minimum Gasteiger partial charge on any atom is -0.311 e. The first-order chi connectivity index (χ1) is 8.66. The van der Waals surface area contributed by atoms with Crippen molar-refractivity contribution in [3.8, 4) is 0 Å². The van der Waals surface area contributed by atoms with E-state index in [4.69, 9.17) is 0 Å². The summed E-state index contributed by atoms with van der Waals surface area (Å²) in [7, 11) is 0. The third kappa shape index (κ3) is 3.13. The molecule has 0 unspecified atom stereocenters. The summed E-state index contributed by atoms with van der Waals surface area (Å²) < 4.78 is 17.5. The predicted molar refractivity (Wildman–Crippen MR) is 65.6 cm³/mol. The van der Waals surface area contributed by atoms with Crippen molar-refractivity contribution in [3.63, 3.8) is 0 Å². The van der Waals surface area contributed by atoms with Gasteiger partial charge in [0.25, 0.3) is 0 Å². The summed E-state index contributed by atoms with van der Waals surface area (Å²) in [6, 6.07) is 4.88. The van der Waals surface area contributed by atoms with Crippen LogP contribution in [0.2, 0.25) is 0 Å². The van der Waals surface area contributed by atoms with E-state index < -0.39 is 0 Å². The number of nitrogens with zero attached hydrogens (tertiary/aromatic N) is 2. The fourth-order valence-electron chi connectivity index (χ4n) is 1.78. The maximum Gasteiger partial charge on any atom is 0.123 e. The van der Waals surface area contributed by atoms with Crippen LogP contribution in [0.3, 0.4) is 0 Å². The van der Waals surface area contributed by atoms with Gasteiger partial charge in [-0.15, -0.1) is 0 Å². The van der Waals surface area contributed by atoms with Gasteiger partial charge in [-0.25, -0.2) is 9.02 Å². The van der Waals surface area contributed by atoms with Crippen molar-refractivity contribution >= 4 is 0 Å². The normalized spacial score (nSPS) is 10.8. The molecule has 0 atom stereocenters. The molecular weight excluding hydrogens is 233 g/mol. The summed E-state index contributed by atoms with van der Waals surface area (Å²) in [6.45, 7) is 5.22. The van der Waals surface area contributed by atoms with Crippen molar-refractivity contribution in [3.05, 3.63) is 46.5 Å². The van der Waals surface area contributed by atoms with Gasteiger partial charge in [-0.2, -0.15) is 0 Å². The van der Waals surface area contributed by atoms with E-state index in [0.717, 1.165) is 35.5 Å². The molecule has 1 heterocycles. The molecule has 5 heteroatoms. The molecule has 96 valence electrons. The van der Waals surface area contributed by atoms with Gasteiger partial charge in [0.2, 0.25) is 0 Å². The SMILES string of the molecule is Cc1cc(F)ccc1CCNCc1nonc1C. The molecule has 0 aliphatic heterocycles. The van der Waals surface area contributed by atoms with Gasteiger partial charge in [-0.1, -0.05) is 16.4 Å². The van der Waals surface area contributed by atoms with Gasteiger partial charge < -0.3 is 5.32 Å². The van der Waals surface area contributed by atoms with Gasteiger partial charge in [0.15, 0.2) is 0 Å². The first-order valence-corrected chi connectivity index (χ1v) is 5.90. The second-order valence-electron chi connectivity index (χ2n) is 4.29. The molecule has 0 saturated heterocycles. The number of aryl methyl sites for hydroxylation is 2. The fourth-order valence-corrected chi connectivity index (χ4v) is 1.78. The Morgan fingerprint density at radius 3 is 2.78 bits per heavy atom. The van der Waals surface area contributed by atoms with Gasteiger partial charge in [0.1, 0.15) is 17.2 Å². The number of nitrogens with one attached hydrogen (secondary N) is 1. The summed E-state index contributed by atoms with van der Waals surface area (Å²) in [5.41, 5.74) is 3.77. The van der Waals surface area contributed by atoms with Crippen molar-refractivity contribution in [1.82, 2.24) is 15.6 Å². The Bertz CT molecular complexity index is 525. The van der Waals surface area contributed by atoms with Gasteiger partial charge in [-0.05, 0) is 50.1 Å². The van der Waals surface area contributed by atoms with Crippen LogP contribution in [0.5, 0.6) is 0 Å². The second kappa shape index (κ2) is 5.73. The van der Waals surface area contributed by atoms with Crippen LogP contribution in [-0.2, 0) is 13.0 Å². The van der Waals surface area contributed by atoms with Crippen LogP contribution < -0.4 is 5.32 Å². The van der Waals surface area contributed by atoms with E-state index in [1.807, 2.05) is 19.9 Å². The molecule has 4 nitrogen and oxygen atoms in total. The molecule has 0 aliphatic carbocycles. The smallest absolute Gasteiger partial charge is 0.123 e. The monoisotopic (exact) mass is 249 g/mol. The number of hydrogen-bond donors (Lipinski definition) is 1. The maximum atomic E-state index is 12.9. The Morgan fingerprint density at radius 1 is 1.28 bits per heavy atom. The lowest BCUT2D eigenvalue weighted by Gasteiger charge is -2.06. The fraction of sp³-hybridized carbons (Fsp3) is 0.385. The summed E-state index contributed by atoms with van der Waals surface area (Å²) in [4.78, 5) is 0. The number of benzene rings is 1. The van der Waals surface area contributed by atoms with E-state index in [-0.39, 0.29) is 5.82 Å². The third-order valence-electron chi connectivity index (χ3n) is 2.91. The Balaban J connectivity index is 1.80. The Kier molecular flexibility index (Phi) is 4.04. The second-order valence-corrected chi connectivity index (χ2v) is 4.29. The minimum atomic E-state index is -0.187. The Hall–Kier alpha value is -1.75. The lowest BCUT2D eigenvalue weighted by molar-refractivity contribution is 0.300. The molecule has 1 aromatic carbocycles. The first kappa shape index (κ1) is 12.7. The zero-order chi connectivity index (χ0) is 13.0. The quantitative estimate of drug-likeness (QED) is 0.825. The molecule has 0 aliphatic rings. The van der Waals surface area contributed by atoms with E-state index in [2.05, 4.69) is 20.3 Å². The molecule has 2 aromatic rings. The lowest BCUT2D eigenvalue weighted by Crippen LogP contribution is -2.17. The van der Waals surface area contributed by atoms with Crippen molar-refractivity contribution in [1.29, 1.82) is 0 Å². The van der Waals surface area contributed by atoms with E-state index in [0.29, 0.717) is 6.54 Å². The van der Waals surface area contributed by atoms with Crippen LogP contribution in [0.15, 0.2) is 22.8 Å². The van der Waals surface area contributed by atoms with Crippen LogP contribution in [0.1, 0.15) is 22.5 Å². The highest BCUT2D eigenvalue weighted by molar-refractivity contribution is 5.26. The van der Waals surface area contributed by atoms with E-state index in [9.17, 15) is 4.39 Å². The van der Waals surface area contributed by atoms with E-state index >= 15 is 0 Å². The van der Waals surface area contributed by atoms with E-state index in [1.54, 1.807) is 6.07 Å². The molecule has 0 spiro atoms. The number of aromatic nitrogens is 2. The summed E-state index contributed by atoms with van der Waals surface area (Å²) in [5.74, 6) is -0.187. The molecule has 1 aromatic heterocycles. The van der Waals surface area contributed by atoms with E-state index in [1.165, 1.54) is 6.07 Å². The molecule has 0 bridgehead atoms. The summed E-state index contributed by atoms with van der Waals surface area (Å²) >= 11 is 0. The molecule has 0 amide bonds. The van der Waals surface area contributed by atoms with Crippen molar-refractivity contribution < 1.29 is 9.02 Å². The molecule has 1 N–H and O–H groups in total. The van der Waals surface area contributed by atoms with Crippen LogP contribution in [0.25, 0.3) is 0 Å². The average Bonchev–Trinajstić information content (AvgIpc) is 2.73. The lowest BCUT2D eigenvalue weighted by atomic mass is 10.1. The molecule has 18 heavy (non-hydrogen) atoms.